The minimum absolute atomic E-state index is 0.0315. The third kappa shape index (κ3) is 4.70. The van der Waals surface area contributed by atoms with Crippen LogP contribution in [-0.2, 0) is 28.3 Å². The van der Waals surface area contributed by atoms with E-state index in [-0.39, 0.29) is 18.9 Å². The highest BCUT2D eigenvalue weighted by atomic mass is 31.2. The van der Waals surface area contributed by atoms with Gasteiger partial charge in [0, 0.05) is 19.5 Å². The van der Waals surface area contributed by atoms with Gasteiger partial charge in [-0.3, -0.25) is 18.9 Å². The molecule has 1 fully saturated rings. The number of esters is 1. The summed E-state index contributed by atoms with van der Waals surface area (Å²) in [7, 11) is -3.54. The second-order valence-corrected chi connectivity index (χ2v) is 6.96. The fourth-order valence-electron chi connectivity index (χ4n) is 1.57. The predicted octanol–water partition coefficient (Wildman–Crippen LogP) is 0.820. The summed E-state index contributed by atoms with van der Waals surface area (Å²) >= 11 is 0. The highest BCUT2D eigenvalue weighted by Crippen LogP contribution is 2.40. The molecule has 0 aromatic heterocycles. The quantitative estimate of drug-likeness (QED) is 0.440. The smallest absolute Gasteiger partial charge is 0.323 e. The zero-order valence-electron chi connectivity index (χ0n) is 11.9. The SMILES string of the molecule is CC(C)OC(=O)[C@H](C)N[P@@](C)(=O)ON1C(=O)CCC1=O. The van der Waals surface area contributed by atoms with Crippen molar-refractivity contribution in [1.29, 1.82) is 0 Å². The molecule has 2 atom stereocenters. The van der Waals surface area contributed by atoms with Crippen LogP contribution in [0.15, 0.2) is 0 Å². The lowest BCUT2D eigenvalue weighted by Crippen LogP contribution is -2.37. The van der Waals surface area contributed by atoms with Gasteiger partial charge in [0.25, 0.3) is 19.3 Å². The number of ether oxygens (including phenoxy) is 1. The average Bonchev–Trinajstić information content (AvgIpc) is 2.58. The summed E-state index contributed by atoms with van der Waals surface area (Å²) in [6.45, 7) is 6.02. The van der Waals surface area contributed by atoms with Gasteiger partial charge in [0.15, 0.2) is 0 Å². The summed E-state index contributed by atoms with van der Waals surface area (Å²) in [4.78, 5) is 34.3. The van der Waals surface area contributed by atoms with E-state index in [9.17, 15) is 18.9 Å². The Balaban J connectivity index is 2.61. The van der Waals surface area contributed by atoms with Crippen molar-refractivity contribution in [1.82, 2.24) is 10.2 Å². The van der Waals surface area contributed by atoms with Crippen LogP contribution in [0, 0.1) is 0 Å². The molecule has 1 aliphatic rings. The number of carbonyl (C=O) groups is 3. The molecule has 1 rings (SSSR count). The second kappa shape index (κ2) is 6.47. The fourth-order valence-corrected chi connectivity index (χ4v) is 2.92. The largest absolute Gasteiger partial charge is 0.462 e. The minimum Gasteiger partial charge on any atom is -0.462 e. The van der Waals surface area contributed by atoms with Crippen LogP contribution < -0.4 is 5.09 Å². The molecule has 0 aromatic rings. The summed E-state index contributed by atoms with van der Waals surface area (Å²) in [5.74, 6) is -1.68. The molecule has 0 aromatic carbocycles. The van der Waals surface area contributed by atoms with E-state index in [2.05, 4.69) is 5.09 Å². The maximum Gasteiger partial charge on any atom is 0.323 e. The standard InChI is InChI=1S/C11H19N2O6P/c1-7(2)18-11(16)8(3)12-20(4,17)19-13-9(14)5-6-10(13)15/h7-8H,5-6H2,1-4H3,(H,12,17)/t8-,20-/m0/s1. The van der Waals surface area contributed by atoms with E-state index in [1.165, 1.54) is 13.6 Å². The Bertz CT molecular complexity index is 448. The van der Waals surface area contributed by atoms with E-state index in [1.807, 2.05) is 0 Å². The van der Waals surface area contributed by atoms with Gasteiger partial charge in [-0.25, -0.2) is 5.09 Å². The Kier molecular flexibility index (Phi) is 5.44. The first-order valence-corrected chi connectivity index (χ1v) is 8.31. The molecular weight excluding hydrogens is 287 g/mol. The van der Waals surface area contributed by atoms with Crippen LogP contribution in [-0.4, -0.2) is 41.7 Å². The fraction of sp³-hybridized carbons (Fsp3) is 0.727. The van der Waals surface area contributed by atoms with Gasteiger partial charge in [-0.2, -0.15) is 4.62 Å². The number of nitrogens with one attached hydrogen (secondary N) is 1. The Morgan fingerprint density at radius 2 is 1.75 bits per heavy atom. The van der Waals surface area contributed by atoms with Crippen molar-refractivity contribution in [3.63, 3.8) is 0 Å². The van der Waals surface area contributed by atoms with Crippen LogP contribution in [0.5, 0.6) is 0 Å². The van der Waals surface area contributed by atoms with Gasteiger partial charge in [0.1, 0.15) is 6.04 Å². The van der Waals surface area contributed by atoms with Crippen LogP contribution >= 0.6 is 7.52 Å². The monoisotopic (exact) mass is 306 g/mol. The maximum absolute atomic E-state index is 12.2. The minimum atomic E-state index is -3.54. The number of carbonyl (C=O) groups excluding carboxylic acids is 3. The summed E-state index contributed by atoms with van der Waals surface area (Å²) in [5, 5.41) is 2.94. The summed E-state index contributed by atoms with van der Waals surface area (Å²) < 4.78 is 22.0. The van der Waals surface area contributed by atoms with Crippen LogP contribution in [0.2, 0.25) is 0 Å². The summed E-state index contributed by atoms with van der Waals surface area (Å²) in [5.41, 5.74) is 0. The molecule has 0 radical (unpaired) electrons. The Morgan fingerprint density at radius 3 is 2.20 bits per heavy atom. The molecule has 0 bridgehead atoms. The maximum atomic E-state index is 12.2. The van der Waals surface area contributed by atoms with Crippen molar-refractivity contribution >= 4 is 25.3 Å². The van der Waals surface area contributed by atoms with Gasteiger partial charge < -0.3 is 4.74 Å². The number of hydrogen-bond acceptors (Lipinski definition) is 6. The van der Waals surface area contributed by atoms with Crippen LogP contribution in [0.4, 0.5) is 0 Å². The molecule has 1 aliphatic heterocycles. The highest BCUT2D eigenvalue weighted by Gasteiger charge is 2.36. The number of imide groups is 1. The van der Waals surface area contributed by atoms with Crippen molar-refractivity contribution in [3.8, 4) is 0 Å². The first-order chi connectivity index (χ1) is 9.12. The van der Waals surface area contributed by atoms with E-state index < -0.39 is 31.3 Å². The molecule has 0 aliphatic carbocycles. The molecule has 0 spiro atoms. The van der Waals surface area contributed by atoms with E-state index in [0.29, 0.717) is 5.06 Å². The van der Waals surface area contributed by atoms with Gasteiger partial charge in [-0.05, 0) is 20.8 Å². The van der Waals surface area contributed by atoms with Gasteiger partial charge in [0.2, 0.25) is 0 Å². The lowest BCUT2D eigenvalue weighted by Gasteiger charge is -2.23. The van der Waals surface area contributed by atoms with Crippen molar-refractivity contribution in [2.75, 3.05) is 6.66 Å². The third-order valence-electron chi connectivity index (χ3n) is 2.38. The lowest BCUT2D eigenvalue weighted by molar-refractivity contribution is -0.164. The first kappa shape index (κ1) is 16.8. The van der Waals surface area contributed by atoms with Crippen LogP contribution in [0.25, 0.3) is 0 Å². The first-order valence-electron chi connectivity index (χ1n) is 6.23. The number of hydrogen-bond donors (Lipinski definition) is 1. The zero-order valence-corrected chi connectivity index (χ0v) is 12.8. The molecule has 0 unspecified atom stereocenters. The molecular formula is C11H19N2O6P. The zero-order chi connectivity index (χ0) is 15.5. The molecule has 0 saturated carbocycles. The van der Waals surface area contributed by atoms with Gasteiger partial charge in [-0.15, -0.1) is 5.06 Å². The summed E-state index contributed by atoms with van der Waals surface area (Å²) in [6, 6.07) is -0.888. The van der Waals surface area contributed by atoms with Gasteiger partial charge in [0.05, 0.1) is 6.10 Å². The Labute approximate surface area is 117 Å². The molecule has 8 nitrogen and oxygen atoms in total. The number of hydroxylamine groups is 2. The van der Waals surface area contributed by atoms with Gasteiger partial charge >= 0.3 is 5.97 Å². The molecule has 1 N–H and O–H groups in total. The van der Waals surface area contributed by atoms with Crippen molar-refractivity contribution in [2.45, 2.75) is 45.8 Å². The molecule has 2 amide bonds. The average molecular weight is 306 g/mol. The van der Waals surface area contributed by atoms with E-state index in [0.717, 1.165) is 0 Å². The highest BCUT2D eigenvalue weighted by molar-refractivity contribution is 7.56. The number of amides is 2. The Morgan fingerprint density at radius 1 is 1.25 bits per heavy atom. The topological polar surface area (TPSA) is 102 Å². The molecule has 9 heteroatoms. The van der Waals surface area contributed by atoms with Crippen LogP contribution in [0.3, 0.4) is 0 Å². The van der Waals surface area contributed by atoms with E-state index >= 15 is 0 Å². The number of nitrogens with zero attached hydrogens (tertiary/aromatic N) is 1. The number of rotatable bonds is 6. The van der Waals surface area contributed by atoms with Gasteiger partial charge in [-0.1, -0.05) is 0 Å². The second-order valence-electron chi connectivity index (χ2n) is 4.85. The molecule has 1 saturated heterocycles. The van der Waals surface area contributed by atoms with Crippen molar-refractivity contribution in [2.24, 2.45) is 0 Å². The summed E-state index contributed by atoms with van der Waals surface area (Å²) in [6.07, 6.45) is -0.237. The predicted molar refractivity (Wildman–Crippen MR) is 69.5 cm³/mol. The van der Waals surface area contributed by atoms with Crippen molar-refractivity contribution in [3.05, 3.63) is 0 Å². The van der Waals surface area contributed by atoms with E-state index in [4.69, 9.17) is 9.36 Å². The molecule has 114 valence electrons. The molecule has 1 heterocycles. The van der Waals surface area contributed by atoms with Crippen LogP contribution in [0.1, 0.15) is 33.6 Å². The normalized spacial score (nSPS) is 20.1. The van der Waals surface area contributed by atoms with E-state index in [1.54, 1.807) is 13.8 Å². The Hall–Kier alpha value is -1.24. The molecule has 20 heavy (non-hydrogen) atoms. The third-order valence-corrected chi connectivity index (χ3v) is 3.71. The lowest BCUT2D eigenvalue weighted by atomic mass is 10.4. The van der Waals surface area contributed by atoms with Crippen molar-refractivity contribution < 1.29 is 28.3 Å².